The number of nitrogens with one attached hydrogen (secondary N) is 1. The van der Waals surface area contributed by atoms with Gasteiger partial charge in [-0.05, 0) is 61.9 Å². The van der Waals surface area contributed by atoms with Crippen LogP contribution in [0.3, 0.4) is 0 Å². The molecule has 1 unspecified atom stereocenters. The van der Waals surface area contributed by atoms with Crippen molar-refractivity contribution in [1.82, 2.24) is 9.21 Å². The molecule has 0 saturated carbocycles. The van der Waals surface area contributed by atoms with Gasteiger partial charge in [-0.15, -0.1) is 11.3 Å². The number of amides is 1. The zero-order chi connectivity index (χ0) is 22.6. The molecule has 1 amide bonds. The van der Waals surface area contributed by atoms with Crippen molar-refractivity contribution < 1.29 is 17.9 Å². The number of hydrogen-bond donors (Lipinski definition) is 1. The Morgan fingerprint density at radius 1 is 1.12 bits per heavy atom. The van der Waals surface area contributed by atoms with E-state index in [-0.39, 0.29) is 23.4 Å². The van der Waals surface area contributed by atoms with E-state index in [1.807, 2.05) is 6.07 Å². The van der Waals surface area contributed by atoms with E-state index in [1.54, 1.807) is 27.8 Å². The summed E-state index contributed by atoms with van der Waals surface area (Å²) in [5, 5.41) is 4.96. The average molecular weight is 478 g/mol. The minimum atomic E-state index is -3.61. The monoisotopic (exact) mass is 477 g/mol. The van der Waals surface area contributed by atoms with Crippen molar-refractivity contribution in [3.63, 3.8) is 0 Å². The van der Waals surface area contributed by atoms with Gasteiger partial charge in [-0.1, -0.05) is 18.9 Å². The molecule has 0 bridgehead atoms. The molecule has 2 fully saturated rings. The summed E-state index contributed by atoms with van der Waals surface area (Å²) in [7, 11) is -2.10. The Kier molecular flexibility index (Phi) is 7.50. The lowest BCUT2D eigenvalue weighted by atomic mass is 10.2. The van der Waals surface area contributed by atoms with Crippen LogP contribution in [0.1, 0.15) is 49.4 Å². The van der Waals surface area contributed by atoms with Crippen LogP contribution in [-0.4, -0.2) is 56.8 Å². The lowest BCUT2D eigenvalue weighted by Gasteiger charge is -2.23. The largest absolute Gasteiger partial charge is 0.495 e. The zero-order valence-electron chi connectivity index (χ0n) is 18.5. The van der Waals surface area contributed by atoms with Crippen LogP contribution in [0.2, 0.25) is 0 Å². The number of ether oxygens (including phenoxy) is 1. The van der Waals surface area contributed by atoms with Gasteiger partial charge in [0.1, 0.15) is 5.75 Å². The zero-order valence-corrected chi connectivity index (χ0v) is 20.1. The molecule has 7 nitrogen and oxygen atoms in total. The van der Waals surface area contributed by atoms with E-state index in [9.17, 15) is 13.2 Å². The molecule has 1 N–H and O–H groups in total. The fourth-order valence-corrected chi connectivity index (χ4v) is 7.01. The number of nitrogens with zero attached hydrogens (tertiary/aromatic N) is 2. The van der Waals surface area contributed by atoms with Gasteiger partial charge in [-0.25, -0.2) is 8.42 Å². The normalized spacial score (nSPS) is 20.7. The average Bonchev–Trinajstić information content (AvgIpc) is 3.39. The van der Waals surface area contributed by atoms with Crippen molar-refractivity contribution in [3.8, 4) is 5.75 Å². The Morgan fingerprint density at radius 3 is 2.59 bits per heavy atom. The van der Waals surface area contributed by atoms with Crippen LogP contribution in [0.4, 0.5) is 5.69 Å². The summed E-state index contributed by atoms with van der Waals surface area (Å²) in [6.45, 7) is 2.20. The highest BCUT2D eigenvalue weighted by atomic mass is 32.2. The predicted molar refractivity (Wildman–Crippen MR) is 127 cm³/mol. The van der Waals surface area contributed by atoms with E-state index < -0.39 is 10.0 Å². The maximum atomic E-state index is 13.2. The van der Waals surface area contributed by atoms with Gasteiger partial charge < -0.3 is 10.1 Å². The summed E-state index contributed by atoms with van der Waals surface area (Å²) in [6, 6.07) is 9.12. The summed E-state index contributed by atoms with van der Waals surface area (Å²) < 4.78 is 33.3. The van der Waals surface area contributed by atoms with Crippen LogP contribution in [0.5, 0.6) is 5.75 Å². The highest BCUT2D eigenvalue weighted by Gasteiger charge is 2.29. The first-order chi connectivity index (χ1) is 15.5. The van der Waals surface area contributed by atoms with Crippen molar-refractivity contribution in [2.45, 2.75) is 49.5 Å². The third kappa shape index (κ3) is 5.17. The van der Waals surface area contributed by atoms with E-state index in [4.69, 9.17) is 4.74 Å². The molecule has 2 aliphatic rings. The second-order valence-electron chi connectivity index (χ2n) is 8.37. The van der Waals surface area contributed by atoms with Crippen molar-refractivity contribution in [1.29, 1.82) is 0 Å². The van der Waals surface area contributed by atoms with Crippen LogP contribution >= 0.6 is 11.3 Å². The number of sulfonamides is 1. The Labute approximate surface area is 194 Å². The summed E-state index contributed by atoms with van der Waals surface area (Å²) in [4.78, 5) is 16.5. The van der Waals surface area contributed by atoms with E-state index >= 15 is 0 Å². The first kappa shape index (κ1) is 23.2. The number of thiophene rings is 1. The van der Waals surface area contributed by atoms with Crippen molar-refractivity contribution in [2.75, 3.05) is 38.6 Å². The van der Waals surface area contributed by atoms with Gasteiger partial charge >= 0.3 is 0 Å². The van der Waals surface area contributed by atoms with Crippen molar-refractivity contribution >= 4 is 33.0 Å². The molecule has 2 aromatic rings. The van der Waals surface area contributed by atoms with E-state index in [0.717, 1.165) is 45.1 Å². The lowest BCUT2D eigenvalue weighted by molar-refractivity contribution is -0.117. The standard InChI is InChI=1S/C23H31N3O4S2/c1-30-21-11-10-18(32(28,29)26-13-4-2-3-5-14-26)16-19(21)24-23(27)17-25-12-6-8-20(25)22-9-7-15-31-22/h7,9-11,15-16,20H,2-6,8,12-14,17H2,1H3,(H,24,27). The van der Waals surface area contributed by atoms with Gasteiger partial charge in [0.15, 0.2) is 0 Å². The summed E-state index contributed by atoms with van der Waals surface area (Å²) in [5.74, 6) is 0.278. The van der Waals surface area contributed by atoms with E-state index in [0.29, 0.717) is 24.5 Å². The summed E-state index contributed by atoms with van der Waals surface area (Å²) >= 11 is 1.72. The Hall–Kier alpha value is -1.94. The van der Waals surface area contributed by atoms with Crippen molar-refractivity contribution in [2.24, 2.45) is 0 Å². The van der Waals surface area contributed by atoms with Gasteiger partial charge in [0.25, 0.3) is 0 Å². The van der Waals surface area contributed by atoms with Gasteiger partial charge in [0.2, 0.25) is 15.9 Å². The summed E-state index contributed by atoms with van der Waals surface area (Å²) in [6.07, 6.45) is 5.96. The SMILES string of the molecule is COc1ccc(S(=O)(=O)N2CCCCCC2)cc1NC(=O)CN1CCCC1c1cccs1. The molecule has 0 radical (unpaired) electrons. The van der Waals surface area contributed by atoms with Gasteiger partial charge in [0, 0.05) is 24.0 Å². The minimum absolute atomic E-state index is 0.170. The first-order valence-corrected chi connectivity index (χ1v) is 13.6. The van der Waals surface area contributed by atoms with Crippen LogP contribution in [0.15, 0.2) is 40.6 Å². The fraction of sp³-hybridized carbons (Fsp3) is 0.522. The fourth-order valence-electron chi connectivity index (χ4n) is 4.57. The molecule has 1 aromatic carbocycles. The number of anilines is 1. The third-order valence-corrected chi connectivity index (χ3v) is 9.10. The van der Waals surface area contributed by atoms with E-state index in [2.05, 4.69) is 21.7 Å². The molecule has 2 saturated heterocycles. The number of rotatable bonds is 7. The predicted octanol–water partition coefficient (Wildman–Crippen LogP) is 4.10. The molecule has 1 aromatic heterocycles. The highest BCUT2D eigenvalue weighted by Crippen LogP contribution is 2.34. The number of carbonyl (C=O) groups is 1. The molecule has 32 heavy (non-hydrogen) atoms. The molecule has 3 heterocycles. The smallest absolute Gasteiger partial charge is 0.243 e. The Morgan fingerprint density at radius 2 is 1.91 bits per heavy atom. The summed E-state index contributed by atoms with van der Waals surface area (Å²) in [5.41, 5.74) is 0.389. The molecule has 0 aliphatic carbocycles. The number of hydrogen-bond acceptors (Lipinski definition) is 6. The number of benzene rings is 1. The topological polar surface area (TPSA) is 79.0 Å². The Balaban J connectivity index is 1.49. The third-order valence-electron chi connectivity index (χ3n) is 6.23. The molecule has 9 heteroatoms. The van der Waals surface area contributed by atoms with Crippen molar-refractivity contribution in [3.05, 3.63) is 40.6 Å². The van der Waals surface area contributed by atoms with E-state index in [1.165, 1.54) is 18.1 Å². The quantitative estimate of drug-likeness (QED) is 0.650. The number of carbonyl (C=O) groups excluding carboxylic acids is 1. The van der Waals surface area contributed by atoms with Crippen LogP contribution in [-0.2, 0) is 14.8 Å². The first-order valence-electron chi connectivity index (χ1n) is 11.2. The van der Waals surface area contributed by atoms with Crippen LogP contribution < -0.4 is 10.1 Å². The van der Waals surface area contributed by atoms with Crippen LogP contribution in [0, 0.1) is 0 Å². The van der Waals surface area contributed by atoms with Gasteiger partial charge in [-0.2, -0.15) is 4.31 Å². The molecular formula is C23H31N3O4S2. The molecular weight excluding hydrogens is 446 g/mol. The van der Waals surface area contributed by atoms with Gasteiger partial charge in [0.05, 0.1) is 24.2 Å². The maximum Gasteiger partial charge on any atom is 0.243 e. The lowest BCUT2D eigenvalue weighted by Crippen LogP contribution is -2.33. The number of likely N-dealkylation sites (tertiary alicyclic amines) is 1. The maximum absolute atomic E-state index is 13.2. The minimum Gasteiger partial charge on any atom is -0.495 e. The number of methoxy groups -OCH3 is 1. The highest BCUT2D eigenvalue weighted by molar-refractivity contribution is 7.89. The molecule has 1 atom stereocenters. The molecule has 174 valence electrons. The van der Waals surface area contributed by atoms with Gasteiger partial charge in [-0.3, -0.25) is 9.69 Å². The molecule has 4 rings (SSSR count). The second-order valence-corrected chi connectivity index (χ2v) is 11.3. The van der Waals surface area contributed by atoms with Crippen LogP contribution in [0.25, 0.3) is 0 Å². The molecule has 2 aliphatic heterocycles. The molecule has 0 spiro atoms. The Bertz CT molecular complexity index is 1020. The second kappa shape index (κ2) is 10.3.